The van der Waals surface area contributed by atoms with Gasteiger partial charge in [-0.2, -0.15) is 0 Å². The summed E-state index contributed by atoms with van der Waals surface area (Å²) in [5.41, 5.74) is 2.35. The van der Waals surface area contributed by atoms with Crippen molar-refractivity contribution < 1.29 is 19.1 Å². The van der Waals surface area contributed by atoms with Crippen LogP contribution in [0.15, 0.2) is 59.1 Å². The first-order valence-corrected chi connectivity index (χ1v) is 11.5. The number of ether oxygens (including phenoxy) is 2. The number of hydrogen-bond acceptors (Lipinski definition) is 6. The summed E-state index contributed by atoms with van der Waals surface area (Å²) in [6.07, 6.45) is 0. The minimum atomic E-state index is -0.456. The normalized spacial score (nSPS) is 13.5. The lowest BCUT2D eigenvalue weighted by Crippen LogP contribution is -2.38. The van der Waals surface area contributed by atoms with E-state index in [1.807, 2.05) is 36.4 Å². The molecule has 0 unspecified atom stereocenters. The number of nitrogens with zero attached hydrogens (tertiary/aromatic N) is 1. The summed E-state index contributed by atoms with van der Waals surface area (Å²) in [4.78, 5) is 27.2. The number of benzene rings is 3. The minimum absolute atomic E-state index is 0.128. The van der Waals surface area contributed by atoms with Gasteiger partial charge in [0.25, 0.3) is 5.91 Å². The predicted molar refractivity (Wildman–Crippen MR) is 136 cm³/mol. The van der Waals surface area contributed by atoms with Crippen LogP contribution in [0.2, 0.25) is 0 Å². The van der Waals surface area contributed by atoms with E-state index in [-0.39, 0.29) is 11.0 Å². The Labute approximate surface area is 205 Å². The third-order valence-corrected chi connectivity index (χ3v) is 6.25. The van der Waals surface area contributed by atoms with Gasteiger partial charge in [-0.3, -0.25) is 10.1 Å². The summed E-state index contributed by atoms with van der Waals surface area (Å²) in [5.74, 6) is -0.781. The number of hydrogen-bond donors (Lipinski definition) is 2. The molecule has 9 heteroatoms. The molecule has 0 atom stereocenters. The highest BCUT2D eigenvalue weighted by molar-refractivity contribution is 9.10. The van der Waals surface area contributed by atoms with Gasteiger partial charge in [-0.15, -0.1) is 0 Å². The minimum Gasteiger partial charge on any atom is -0.465 e. The zero-order valence-corrected chi connectivity index (χ0v) is 20.3. The van der Waals surface area contributed by atoms with Crippen LogP contribution in [0.25, 0.3) is 10.8 Å². The lowest BCUT2D eigenvalue weighted by molar-refractivity contribution is 0.0600. The molecule has 0 aromatic heterocycles. The second kappa shape index (κ2) is 10.3. The summed E-state index contributed by atoms with van der Waals surface area (Å²) >= 11 is 8.97. The number of esters is 1. The fourth-order valence-corrected chi connectivity index (χ4v) is 4.46. The lowest BCUT2D eigenvalue weighted by atomic mass is 10.0. The average Bonchev–Trinajstić information content (AvgIpc) is 2.84. The second-order valence-corrected chi connectivity index (χ2v) is 8.63. The number of anilines is 2. The van der Waals surface area contributed by atoms with E-state index in [9.17, 15) is 9.59 Å². The van der Waals surface area contributed by atoms with Crippen molar-refractivity contribution in [2.75, 3.05) is 43.6 Å². The summed E-state index contributed by atoms with van der Waals surface area (Å²) in [5, 5.41) is 7.72. The molecule has 1 heterocycles. The SMILES string of the molecule is COC(=O)c1ccc(N2CCOCC2)c(NC(=S)NC(=O)c2cccc3c(Br)cccc23)c1. The Morgan fingerprint density at radius 3 is 2.55 bits per heavy atom. The Morgan fingerprint density at radius 1 is 1.06 bits per heavy atom. The van der Waals surface area contributed by atoms with Crippen LogP contribution < -0.4 is 15.5 Å². The fraction of sp³-hybridized carbons (Fsp3) is 0.208. The molecule has 1 amide bonds. The number of amides is 1. The first-order chi connectivity index (χ1) is 16.0. The number of carbonyl (C=O) groups excluding carboxylic acids is 2. The Kier molecular flexibility index (Phi) is 7.22. The molecule has 0 spiro atoms. The maximum atomic E-state index is 13.0. The first kappa shape index (κ1) is 23.2. The molecule has 0 aliphatic carbocycles. The number of rotatable bonds is 4. The molecule has 7 nitrogen and oxygen atoms in total. The first-order valence-electron chi connectivity index (χ1n) is 10.3. The Hall–Kier alpha value is -3.01. The molecule has 2 N–H and O–H groups in total. The second-order valence-electron chi connectivity index (χ2n) is 7.37. The van der Waals surface area contributed by atoms with E-state index >= 15 is 0 Å². The van der Waals surface area contributed by atoms with Gasteiger partial charge in [0.1, 0.15) is 0 Å². The van der Waals surface area contributed by atoms with Crippen molar-refractivity contribution in [3.8, 4) is 0 Å². The number of methoxy groups -OCH3 is 1. The monoisotopic (exact) mass is 527 g/mol. The van der Waals surface area contributed by atoms with Crippen LogP contribution >= 0.6 is 28.1 Å². The number of fused-ring (bicyclic) bond motifs is 1. The zero-order valence-electron chi connectivity index (χ0n) is 17.9. The fourth-order valence-electron chi connectivity index (χ4n) is 3.75. The number of nitrogens with one attached hydrogen (secondary N) is 2. The summed E-state index contributed by atoms with van der Waals surface area (Å²) in [6.45, 7) is 2.62. The Balaban J connectivity index is 1.58. The van der Waals surface area contributed by atoms with Crippen LogP contribution in [0.5, 0.6) is 0 Å². The molecule has 1 aliphatic rings. The molecule has 3 aromatic rings. The van der Waals surface area contributed by atoms with Crippen LogP contribution in [-0.4, -0.2) is 50.4 Å². The van der Waals surface area contributed by atoms with Crippen molar-refractivity contribution in [3.05, 3.63) is 70.2 Å². The van der Waals surface area contributed by atoms with Crippen LogP contribution in [0.1, 0.15) is 20.7 Å². The van der Waals surface area contributed by atoms with E-state index in [4.69, 9.17) is 21.7 Å². The van der Waals surface area contributed by atoms with E-state index in [2.05, 4.69) is 31.5 Å². The maximum Gasteiger partial charge on any atom is 0.337 e. The van der Waals surface area contributed by atoms with Crippen LogP contribution in [0.3, 0.4) is 0 Å². The van der Waals surface area contributed by atoms with Crippen LogP contribution in [0.4, 0.5) is 11.4 Å². The molecule has 0 radical (unpaired) electrons. The van der Waals surface area contributed by atoms with Crippen molar-refractivity contribution in [1.82, 2.24) is 5.32 Å². The Morgan fingerprint density at radius 2 is 1.79 bits per heavy atom. The van der Waals surface area contributed by atoms with Crippen molar-refractivity contribution in [2.24, 2.45) is 0 Å². The maximum absolute atomic E-state index is 13.0. The summed E-state index contributed by atoms with van der Waals surface area (Å²) in [7, 11) is 1.33. The standard InChI is InChI=1S/C24H22BrN3O4S/c1-31-23(30)15-8-9-21(28-10-12-32-13-11-28)20(14-15)26-24(33)27-22(29)18-6-2-5-17-16(18)4-3-7-19(17)25/h2-9,14H,10-13H2,1H3,(H2,26,27,29,33). The third-order valence-electron chi connectivity index (χ3n) is 5.36. The molecule has 1 fully saturated rings. The highest BCUT2D eigenvalue weighted by Crippen LogP contribution is 2.29. The number of morpholine rings is 1. The molecule has 3 aromatic carbocycles. The number of thiocarbonyl (C=S) groups is 1. The molecular weight excluding hydrogens is 506 g/mol. The summed E-state index contributed by atoms with van der Waals surface area (Å²) in [6, 6.07) is 16.4. The van der Waals surface area contributed by atoms with E-state index in [0.717, 1.165) is 20.9 Å². The van der Waals surface area contributed by atoms with Gasteiger partial charge in [0.05, 0.1) is 37.3 Å². The van der Waals surface area contributed by atoms with Crippen LogP contribution in [-0.2, 0) is 9.47 Å². The third kappa shape index (κ3) is 5.16. The highest BCUT2D eigenvalue weighted by Gasteiger charge is 2.19. The molecular formula is C24H22BrN3O4S. The molecule has 1 aliphatic heterocycles. The van der Waals surface area contributed by atoms with E-state index in [1.54, 1.807) is 18.2 Å². The van der Waals surface area contributed by atoms with Gasteiger partial charge in [-0.05, 0) is 53.3 Å². The van der Waals surface area contributed by atoms with Gasteiger partial charge in [0.2, 0.25) is 0 Å². The van der Waals surface area contributed by atoms with Crippen LogP contribution in [0, 0.1) is 0 Å². The molecule has 0 bridgehead atoms. The average molecular weight is 528 g/mol. The van der Waals surface area contributed by atoms with Crippen molar-refractivity contribution in [3.63, 3.8) is 0 Å². The Bertz CT molecular complexity index is 1230. The van der Waals surface area contributed by atoms with E-state index in [1.165, 1.54) is 7.11 Å². The predicted octanol–water partition coefficient (Wildman–Crippen LogP) is 4.35. The van der Waals surface area contributed by atoms with Crippen molar-refractivity contribution in [2.45, 2.75) is 0 Å². The van der Waals surface area contributed by atoms with Crippen molar-refractivity contribution in [1.29, 1.82) is 0 Å². The number of carbonyl (C=O) groups is 2. The zero-order chi connectivity index (χ0) is 23.4. The topological polar surface area (TPSA) is 79.9 Å². The van der Waals surface area contributed by atoms with Gasteiger partial charge in [0, 0.05) is 23.1 Å². The van der Waals surface area contributed by atoms with E-state index < -0.39 is 5.97 Å². The number of halogens is 1. The summed E-state index contributed by atoms with van der Waals surface area (Å²) < 4.78 is 11.2. The van der Waals surface area contributed by atoms with Gasteiger partial charge < -0.3 is 19.7 Å². The highest BCUT2D eigenvalue weighted by atomic mass is 79.9. The molecule has 4 rings (SSSR count). The quantitative estimate of drug-likeness (QED) is 0.385. The van der Waals surface area contributed by atoms with Gasteiger partial charge in [0.15, 0.2) is 5.11 Å². The van der Waals surface area contributed by atoms with Gasteiger partial charge in [-0.1, -0.05) is 40.2 Å². The molecule has 33 heavy (non-hydrogen) atoms. The molecule has 170 valence electrons. The van der Waals surface area contributed by atoms with Crippen molar-refractivity contribution >= 4 is 67.3 Å². The molecule has 0 saturated carbocycles. The van der Waals surface area contributed by atoms with Gasteiger partial charge in [-0.25, -0.2) is 4.79 Å². The van der Waals surface area contributed by atoms with Gasteiger partial charge >= 0.3 is 5.97 Å². The smallest absolute Gasteiger partial charge is 0.337 e. The van der Waals surface area contributed by atoms with E-state index in [0.29, 0.717) is 43.1 Å². The largest absolute Gasteiger partial charge is 0.465 e. The molecule has 1 saturated heterocycles. The lowest BCUT2D eigenvalue weighted by Gasteiger charge is -2.31.